The van der Waals surface area contributed by atoms with Gasteiger partial charge in [0.15, 0.2) is 0 Å². The predicted octanol–water partition coefficient (Wildman–Crippen LogP) is 3.38. The van der Waals surface area contributed by atoms with E-state index in [1.165, 1.54) is 36.9 Å². The van der Waals surface area contributed by atoms with Gasteiger partial charge in [0.2, 0.25) is 0 Å². The highest BCUT2D eigenvalue weighted by Crippen LogP contribution is 2.27. The van der Waals surface area contributed by atoms with Gasteiger partial charge in [0, 0.05) is 19.1 Å². The second-order valence-electron chi connectivity index (χ2n) is 5.90. The first-order valence-corrected chi connectivity index (χ1v) is 7.69. The van der Waals surface area contributed by atoms with Crippen molar-refractivity contribution in [1.29, 1.82) is 0 Å². The van der Waals surface area contributed by atoms with E-state index >= 15 is 0 Å². The molecule has 2 heteroatoms. The molecule has 0 heterocycles. The minimum atomic E-state index is 0.444. The molecule has 0 saturated heterocycles. The highest BCUT2D eigenvalue weighted by atomic mass is 15.1. The van der Waals surface area contributed by atoms with Gasteiger partial charge in [0.1, 0.15) is 0 Å². The molecule has 0 aromatic heterocycles. The molecule has 1 aliphatic carbocycles. The van der Waals surface area contributed by atoms with E-state index in [1.807, 2.05) is 0 Å². The van der Waals surface area contributed by atoms with E-state index in [0.717, 1.165) is 19.0 Å². The third-order valence-electron chi connectivity index (χ3n) is 4.42. The van der Waals surface area contributed by atoms with Crippen LogP contribution in [0.1, 0.15) is 43.4 Å². The van der Waals surface area contributed by atoms with Gasteiger partial charge in [-0.2, -0.15) is 0 Å². The largest absolute Gasteiger partial charge is 0.312 e. The molecule has 1 aromatic rings. The summed E-state index contributed by atoms with van der Waals surface area (Å²) in [5, 5.41) is 3.48. The summed E-state index contributed by atoms with van der Waals surface area (Å²) in [6.45, 7) is 8.00. The average Bonchev–Trinajstić information content (AvgIpc) is 2.37. The zero-order valence-corrected chi connectivity index (χ0v) is 12.7. The monoisotopic (exact) mass is 260 g/mol. The molecule has 1 saturated carbocycles. The number of nitrogens with zero attached hydrogens (tertiary/aromatic N) is 1. The smallest absolute Gasteiger partial charge is 0.0446 e. The molecule has 1 aliphatic rings. The number of rotatable bonds is 7. The maximum absolute atomic E-state index is 3.48. The molecule has 2 nitrogen and oxygen atoms in total. The number of hydrogen-bond acceptors (Lipinski definition) is 2. The molecule has 1 fully saturated rings. The fourth-order valence-electron chi connectivity index (χ4n) is 2.88. The summed E-state index contributed by atoms with van der Waals surface area (Å²) in [6.07, 6.45) is 4.31. The Hall–Kier alpha value is -0.860. The fourth-order valence-corrected chi connectivity index (χ4v) is 2.88. The molecule has 106 valence electrons. The molecular formula is C17H28N2. The maximum atomic E-state index is 3.48. The van der Waals surface area contributed by atoms with Gasteiger partial charge in [0.05, 0.1) is 0 Å². The van der Waals surface area contributed by atoms with Crippen LogP contribution in [-0.4, -0.2) is 31.6 Å². The Labute approximate surface area is 118 Å². The van der Waals surface area contributed by atoms with Gasteiger partial charge >= 0.3 is 0 Å². The van der Waals surface area contributed by atoms with Gasteiger partial charge in [-0.1, -0.05) is 43.2 Å². The van der Waals surface area contributed by atoms with Crippen molar-refractivity contribution in [1.82, 2.24) is 10.2 Å². The van der Waals surface area contributed by atoms with Crippen molar-refractivity contribution in [3.8, 4) is 0 Å². The Balaban J connectivity index is 1.96. The number of nitrogens with one attached hydrogen (secondary N) is 1. The van der Waals surface area contributed by atoms with E-state index in [9.17, 15) is 0 Å². The van der Waals surface area contributed by atoms with Crippen LogP contribution in [0.15, 0.2) is 24.3 Å². The van der Waals surface area contributed by atoms with E-state index in [1.54, 1.807) is 0 Å². The van der Waals surface area contributed by atoms with E-state index < -0.39 is 0 Å². The highest BCUT2D eigenvalue weighted by Gasteiger charge is 2.21. The van der Waals surface area contributed by atoms with Gasteiger partial charge in [-0.15, -0.1) is 0 Å². The molecule has 1 aromatic carbocycles. The minimum absolute atomic E-state index is 0.444. The van der Waals surface area contributed by atoms with Crippen molar-refractivity contribution in [3.63, 3.8) is 0 Å². The normalized spacial score (nSPS) is 17.5. The first-order chi connectivity index (χ1) is 9.22. The molecule has 19 heavy (non-hydrogen) atoms. The lowest BCUT2D eigenvalue weighted by atomic mass is 9.85. The van der Waals surface area contributed by atoms with Crippen LogP contribution in [0.25, 0.3) is 0 Å². The summed E-state index contributed by atoms with van der Waals surface area (Å²) >= 11 is 0. The number of likely N-dealkylation sites (N-methyl/N-ethyl adjacent to an activating group) is 2. The Morgan fingerprint density at radius 2 is 2.16 bits per heavy atom. The standard InChI is InChI=1S/C17H28N2/c1-4-19(12-15-8-6-9-15)13-17(18-3)16-10-5-7-14(2)11-16/h5,7,10-11,15,17-18H,4,6,8-9,12-13H2,1-3H3. The van der Waals surface area contributed by atoms with Gasteiger partial charge in [0.25, 0.3) is 0 Å². The van der Waals surface area contributed by atoms with Gasteiger partial charge in [-0.05, 0) is 44.8 Å². The van der Waals surface area contributed by atoms with Crippen LogP contribution in [0.4, 0.5) is 0 Å². The summed E-state index contributed by atoms with van der Waals surface area (Å²) in [7, 11) is 2.07. The SMILES string of the molecule is CCN(CC1CCC1)CC(NC)c1cccc(C)c1. The first kappa shape index (κ1) is 14.5. The first-order valence-electron chi connectivity index (χ1n) is 7.69. The molecule has 0 radical (unpaired) electrons. The fraction of sp³-hybridized carbons (Fsp3) is 0.647. The topological polar surface area (TPSA) is 15.3 Å². The number of hydrogen-bond donors (Lipinski definition) is 1. The lowest BCUT2D eigenvalue weighted by Crippen LogP contribution is -2.38. The minimum Gasteiger partial charge on any atom is -0.312 e. The molecule has 1 atom stereocenters. The highest BCUT2D eigenvalue weighted by molar-refractivity contribution is 5.25. The van der Waals surface area contributed by atoms with Crippen molar-refractivity contribution < 1.29 is 0 Å². The summed E-state index contributed by atoms with van der Waals surface area (Å²) in [6, 6.07) is 9.32. The van der Waals surface area contributed by atoms with E-state index in [-0.39, 0.29) is 0 Å². The molecule has 0 aliphatic heterocycles. The van der Waals surface area contributed by atoms with Crippen LogP contribution < -0.4 is 5.32 Å². The molecule has 0 bridgehead atoms. The van der Waals surface area contributed by atoms with Crippen LogP contribution in [-0.2, 0) is 0 Å². The van der Waals surface area contributed by atoms with E-state index in [4.69, 9.17) is 0 Å². The molecular weight excluding hydrogens is 232 g/mol. The summed E-state index contributed by atoms with van der Waals surface area (Å²) < 4.78 is 0. The number of aryl methyl sites for hydroxylation is 1. The Bertz CT molecular complexity index is 385. The summed E-state index contributed by atoms with van der Waals surface area (Å²) in [4.78, 5) is 2.60. The number of benzene rings is 1. The van der Waals surface area contributed by atoms with Gasteiger partial charge in [-0.3, -0.25) is 0 Å². The van der Waals surface area contributed by atoms with Gasteiger partial charge < -0.3 is 10.2 Å². The molecule has 0 spiro atoms. The third kappa shape index (κ3) is 4.05. The van der Waals surface area contributed by atoms with Crippen LogP contribution in [0.5, 0.6) is 0 Å². The molecule has 2 rings (SSSR count). The Kier molecular flexibility index (Phi) is 5.41. The average molecular weight is 260 g/mol. The van der Waals surface area contributed by atoms with Crippen molar-refractivity contribution in [2.45, 2.75) is 39.2 Å². The zero-order valence-electron chi connectivity index (χ0n) is 12.7. The maximum Gasteiger partial charge on any atom is 0.0446 e. The van der Waals surface area contributed by atoms with Gasteiger partial charge in [-0.25, -0.2) is 0 Å². The molecule has 1 unspecified atom stereocenters. The Morgan fingerprint density at radius 3 is 2.68 bits per heavy atom. The second-order valence-corrected chi connectivity index (χ2v) is 5.90. The quantitative estimate of drug-likeness (QED) is 0.808. The Morgan fingerprint density at radius 1 is 1.37 bits per heavy atom. The van der Waals surface area contributed by atoms with Crippen LogP contribution in [0, 0.1) is 12.8 Å². The molecule has 1 N–H and O–H groups in total. The summed E-state index contributed by atoms with van der Waals surface area (Å²) in [5.74, 6) is 0.954. The molecule has 0 amide bonds. The lowest BCUT2D eigenvalue weighted by molar-refractivity contribution is 0.172. The van der Waals surface area contributed by atoms with Crippen LogP contribution in [0.3, 0.4) is 0 Å². The van der Waals surface area contributed by atoms with E-state index in [0.29, 0.717) is 6.04 Å². The van der Waals surface area contributed by atoms with Crippen LogP contribution in [0.2, 0.25) is 0 Å². The third-order valence-corrected chi connectivity index (χ3v) is 4.42. The lowest BCUT2D eigenvalue weighted by Gasteiger charge is -2.34. The van der Waals surface area contributed by atoms with Crippen molar-refractivity contribution in [2.75, 3.05) is 26.7 Å². The van der Waals surface area contributed by atoms with Crippen molar-refractivity contribution in [3.05, 3.63) is 35.4 Å². The second kappa shape index (κ2) is 7.06. The van der Waals surface area contributed by atoms with Crippen molar-refractivity contribution in [2.24, 2.45) is 5.92 Å². The van der Waals surface area contributed by atoms with E-state index in [2.05, 4.69) is 55.4 Å². The van der Waals surface area contributed by atoms with Crippen molar-refractivity contribution >= 4 is 0 Å². The van der Waals surface area contributed by atoms with Crippen LogP contribution >= 0.6 is 0 Å². The zero-order chi connectivity index (χ0) is 13.7. The predicted molar refractivity (Wildman–Crippen MR) is 82.4 cm³/mol. The summed E-state index contributed by atoms with van der Waals surface area (Å²) in [5.41, 5.74) is 2.76.